The molecule has 1 atom stereocenters. The van der Waals surface area contributed by atoms with Gasteiger partial charge >= 0.3 is 5.97 Å². The van der Waals surface area contributed by atoms with Crippen LogP contribution in [0.5, 0.6) is 11.5 Å². The summed E-state index contributed by atoms with van der Waals surface area (Å²) in [6.45, 7) is 0.176. The number of esters is 1. The summed E-state index contributed by atoms with van der Waals surface area (Å²) in [6.07, 6.45) is 1.88. The number of nitrogens with zero attached hydrogens (tertiary/aromatic N) is 2. The van der Waals surface area contributed by atoms with Gasteiger partial charge in [0.05, 0.1) is 31.4 Å². The van der Waals surface area contributed by atoms with Gasteiger partial charge in [-0.2, -0.15) is 0 Å². The van der Waals surface area contributed by atoms with Crippen molar-refractivity contribution >= 4 is 29.4 Å². The SMILES string of the molecule is COc1ccc(C2C3=C(COC3=O)Nc3nc(SC)nc(N)c32)cc1OC. The number of benzene rings is 1. The minimum Gasteiger partial charge on any atom is -0.493 e. The first-order valence-electron chi connectivity index (χ1n) is 8.17. The van der Waals surface area contributed by atoms with Crippen LogP contribution in [-0.2, 0) is 9.53 Å². The van der Waals surface area contributed by atoms with Crippen molar-refractivity contribution in [1.29, 1.82) is 0 Å². The van der Waals surface area contributed by atoms with Crippen LogP contribution in [0.25, 0.3) is 0 Å². The van der Waals surface area contributed by atoms with Crippen LogP contribution in [0.2, 0.25) is 0 Å². The van der Waals surface area contributed by atoms with E-state index in [1.54, 1.807) is 20.3 Å². The zero-order valence-corrected chi connectivity index (χ0v) is 15.8. The molecule has 27 heavy (non-hydrogen) atoms. The van der Waals surface area contributed by atoms with Crippen molar-refractivity contribution in [1.82, 2.24) is 9.97 Å². The van der Waals surface area contributed by atoms with E-state index < -0.39 is 5.92 Å². The van der Waals surface area contributed by atoms with Gasteiger partial charge in [0.15, 0.2) is 16.7 Å². The molecule has 2 aliphatic heterocycles. The largest absolute Gasteiger partial charge is 0.493 e. The fraction of sp³-hybridized carbons (Fsp3) is 0.278. The van der Waals surface area contributed by atoms with Crippen LogP contribution in [0, 0.1) is 0 Å². The molecule has 1 aromatic heterocycles. The van der Waals surface area contributed by atoms with Crippen LogP contribution in [0.4, 0.5) is 11.6 Å². The summed E-state index contributed by atoms with van der Waals surface area (Å²) in [5, 5.41) is 3.74. The number of rotatable bonds is 4. The molecule has 3 N–H and O–H groups in total. The van der Waals surface area contributed by atoms with Gasteiger partial charge < -0.3 is 25.3 Å². The Balaban J connectivity index is 1.94. The van der Waals surface area contributed by atoms with Gasteiger partial charge in [0.1, 0.15) is 18.2 Å². The van der Waals surface area contributed by atoms with Gasteiger partial charge in [-0.15, -0.1) is 0 Å². The van der Waals surface area contributed by atoms with Crippen LogP contribution in [0.1, 0.15) is 17.0 Å². The Labute approximate surface area is 160 Å². The summed E-state index contributed by atoms with van der Waals surface area (Å²) in [6, 6.07) is 5.50. The summed E-state index contributed by atoms with van der Waals surface area (Å²) < 4.78 is 16.0. The van der Waals surface area contributed by atoms with E-state index in [-0.39, 0.29) is 12.6 Å². The molecule has 4 rings (SSSR count). The molecular formula is C18H18N4O4S. The van der Waals surface area contributed by atoms with Crippen molar-refractivity contribution < 1.29 is 19.0 Å². The first-order chi connectivity index (χ1) is 13.1. The maximum atomic E-state index is 12.5. The average molecular weight is 386 g/mol. The van der Waals surface area contributed by atoms with Crippen molar-refractivity contribution in [3.63, 3.8) is 0 Å². The molecule has 3 heterocycles. The minimum atomic E-state index is -0.457. The highest BCUT2D eigenvalue weighted by atomic mass is 32.2. The number of fused-ring (bicyclic) bond motifs is 1. The monoisotopic (exact) mass is 386 g/mol. The predicted molar refractivity (Wildman–Crippen MR) is 101 cm³/mol. The number of hydrogen-bond acceptors (Lipinski definition) is 9. The van der Waals surface area contributed by atoms with Crippen LogP contribution in [0.3, 0.4) is 0 Å². The second-order valence-corrected chi connectivity index (χ2v) is 6.77. The molecule has 0 spiro atoms. The molecule has 2 aliphatic rings. The van der Waals surface area contributed by atoms with Gasteiger partial charge in [0.2, 0.25) is 0 Å². The molecule has 1 aromatic carbocycles. The molecule has 1 unspecified atom stereocenters. The highest BCUT2D eigenvalue weighted by Gasteiger charge is 2.41. The van der Waals surface area contributed by atoms with E-state index >= 15 is 0 Å². The van der Waals surface area contributed by atoms with E-state index in [9.17, 15) is 4.79 Å². The number of anilines is 2. The number of ether oxygens (including phenoxy) is 3. The topological polar surface area (TPSA) is 109 Å². The van der Waals surface area contributed by atoms with E-state index in [1.165, 1.54) is 11.8 Å². The molecule has 9 heteroatoms. The van der Waals surface area contributed by atoms with Crippen molar-refractivity contribution in [2.75, 3.05) is 38.1 Å². The molecule has 0 saturated carbocycles. The molecule has 8 nitrogen and oxygen atoms in total. The normalized spacial score (nSPS) is 17.7. The van der Waals surface area contributed by atoms with Crippen LogP contribution in [0.15, 0.2) is 34.6 Å². The lowest BCUT2D eigenvalue weighted by molar-refractivity contribution is -0.136. The van der Waals surface area contributed by atoms with Gasteiger partial charge in [-0.3, -0.25) is 0 Å². The number of hydrogen-bond donors (Lipinski definition) is 2. The molecule has 0 amide bonds. The number of nitrogens with one attached hydrogen (secondary N) is 1. The first-order valence-corrected chi connectivity index (χ1v) is 9.40. The average Bonchev–Trinajstić information content (AvgIpc) is 3.06. The van der Waals surface area contributed by atoms with Gasteiger partial charge in [0, 0.05) is 5.56 Å². The molecule has 140 valence electrons. The predicted octanol–water partition coefficient (Wildman–Crippen LogP) is 2.17. The number of aromatic nitrogens is 2. The summed E-state index contributed by atoms with van der Waals surface area (Å²) in [5.74, 6) is 1.23. The molecule has 0 bridgehead atoms. The lowest BCUT2D eigenvalue weighted by atomic mass is 9.82. The zero-order chi connectivity index (χ0) is 19.1. The third-order valence-corrected chi connectivity index (χ3v) is 5.17. The Kier molecular flexibility index (Phi) is 4.31. The number of cyclic esters (lactones) is 1. The Morgan fingerprint density at radius 1 is 1.26 bits per heavy atom. The van der Waals surface area contributed by atoms with Crippen molar-refractivity contribution in [2.24, 2.45) is 0 Å². The van der Waals surface area contributed by atoms with E-state index in [4.69, 9.17) is 19.9 Å². The van der Waals surface area contributed by atoms with Gasteiger partial charge in [0.25, 0.3) is 0 Å². The second kappa shape index (κ2) is 6.66. The molecule has 0 saturated heterocycles. The lowest BCUT2D eigenvalue weighted by Crippen LogP contribution is -2.23. The van der Waals surface area contributed by atoms with Crippen LogP contribution >= 0.6 is 11.8 Å². The Morgan fingerprint density at radius 2 is 2.04 bits per heavy atom. The number of carbonyl (C=O) groups is 1. The maximum absolute atomic E-state index is 12.5. The van der Waals surface area contributed by atoms with Crippen molar-refractivity contribution in [3.05, 3.63) is 40.6 Å². The van der Waals surface area contributed by atoms with Crippen LogP contribution < -0.4 is 20.5 Å². The number of methoxy groups -OCH3 is 2. The summed E-state index contributed by atoms with van der Waals surface area (Å²) >= 11 is 1.40. The zero-order valence-electron chi connectivity index (χ0n) is 15.0. The van der Waals surface area contributed by atoms with E-state index in [0.29, 0.717) is 45.1 Å². The molecule has 0 aliphatic carbocycles. The van der Waals surface area contributed by atoms with Gasteiger partial charge in [-0.05, 0) is 24.0 Å². The summed E-state index contributed by atoms with van der Waals surface area (Å²) in [7, 11) is 3.14. The summed E-state index contributed by atoms with van der Waals surface area (Å²) in [5.41, 5.74) is 8.94. The number of nitrogens with two attached hydrogens (primary N) is 1. The van der Waals surface area contributed by atoms with Crippen molar-refractivity contribution in [2.45, 2.75) is 11.1 Å². The number of nitrogen functional groups attached to an aromatic ring is 1. The molecule has 0 fully saturated rings. The summed E-state index contributed by atoms with van der Waals surface area (Å²) in [4.78, 5) is 21.3. The van der Waals surface area contributed by atoms with Crippen LogP contribution in [-0.4, -0.2) is 43.0 Å². The number of carbonyl (C=O) groups excluding carboxylic acids is 1. The fourth-order valence-electron chi connectivity index (χ4n) is 3.40. The van der Waals surface area contributed by atoms with E-state index in [0.717, 1.165) is 5.56 Å². The highest BCUT2D eigenvalue weighted by molar-refractivity contribution is 7.98. The fourth-order valence-corrected chi connectivity index (χ4v) is 3.77. The lowest BCUT2D eigenvalue weighted by Gasteiger charge is -2.27. The van der Waals surface area contributed by atoms with E-state index in [1.807, 2.05) is 18.4 Å². The smallest absolute Gasteiger partial charge is 0.337 e. The second-order valence-electron chi connectivity index (χ2n) is 6.00. The third kappa shape index (κ3) is 2.74. The first kappa shape index (κ1) is 17.5. The van der Waals surface area contributed by atoms with Gasteiger partial charge in [-0.25, -0.2) is 14.8 Å². The number of thioether (sulfide) groups is 1. The maximum Gasteiger partial charge on any atom is 0.337 e. The Morgan fingerprint density at radius 3 is 2.74 bits per heavy atom. The molecular weight excluding hydrogens is 368 g/mol. The Hall–Kier alpha value is -2.94. The molecule has 0 radical (unpaired) electrons. The standard InChI is InChI=1S/C18H18N4O4S/c1-24-10-5-4-8(6-11(10)25-2)12-13-9(7-26-17(13)23)20-16-14(12)15(19)21-18(22-16)27-3/h4-6,12H,7H2,1-3H3,(H3,19,20,21,22). The molecule has 2 aromatic rings. The van der Waals surface area contributed by atoms with Crippen molar-refractivity contribution in [3.8, 4) is 11.5 Å². The van der Waals surface area contributed by atoms with Gasteiger partial charge in [-0.1, -0.05) is 17.8 Å². The highest BCUT2D eigenvalue weighted by Crippen LogP contribution is 2.47. The van der Waals surface area contributed by atoms with E-state index in [2.05, 4.69) is 15.3 Å². The third-order valence-electron chi connectivity index (χ3n) is 4.62. The Bertz CT molecular complexity index is 976. The minimum absolute atomic E-state index is 0.176. The quantitative estimate of drug-likeness (QED) is 0.464.